The van der Waals surface area contributed by atoms with Crippen LogP contribution in [0.2, 0.25) is 0 Å². The summed E-state index contributed by atoms with van der Waals surface area (Å²) >= 11 is 0. The van der Waals surface area contributed by atoms with Gasteiger partial charge in [0.05, 0.1) is 31.0 Å². The Morgan fingerprint density at radius 3 is 2.64 bits per heavy atom. The van der Waals surface area contributed by atoms with Gasteiger partial charge in [0.1, 0.15) is 0 Å². The van der Waals surface area contributed by atoms with Crippen LogP contribution in [0.5, 0.6) is 0 Å². The van der Waals surface area contributed by atoms with Crippen molar-refractivity contribution < 1.29 is 14.2 Å². The van der Waals surface area contributed by atoms with Crippen LogP contribution in [-0.4, -0.2) is 37.6 Å². The zero-order valence-corrected chi connectivity index (χ0v) is 9.71. The van der Waals surface area contributed by atoms with Crippen LogP contribution in [-0.2, 0) is 14.2 Å². The monoisotopic (exact) mass is 202 g/mol. The number of ether oxygens (including phenoxy) is 3. The molecular weight excluding hydrogens is 180 g/mol. The smallest absolute Gasteiger partial charge is 0.0841 e. The van der Waals surface area contributed by atoms with E-state index in [-0.39, 0.29) is 17.8 Å². The van der Waals surface area contributed by atoms with Gasteiger partial charge in [-0.1, -0.05) is 0 Å². The van der Waals surface area contributed by atoms with Gasteiger partial charge in [-0.3, -0.25) is 0 Å². The first kappa shape index (κ1) is 12.0. The third kappa shape index (κ3) is 4.40. The summed E-state index contributed by atoms with van der Waals surface area (Å²) in [4.78, 5) is 0. The fourth-order valence-electron chi connectivity index (χ4n) is 1.62. The highest BCUT2D eigenvalue weighted by Gasteiger charge is 2.29. The molecule has 0 N–H and O–H groups in total. The topological polar surface area (TPSA) is 27.7 Å². The lowest BCUT2D eigenvalue weighted by Gasteiger charge is -2.23. The van der Waals surface area contributed by atoms with Gasteiger partial charge in [0.25, 0.3) is 0 Å². The van der Waals surface area contributed by atoms with E-state index in [2.05, 4.69) is 20.8 Å². The van der Waals surface area contributed by atoms with Crippen molar-refractivity contribution in [1.29, 1.82) is 0 Å². The second kappa shape index (κ2) is 5.10. The molecule has 0 saturated carbocycles. The Bertz CT molecular complexity index is 162. The molecule has 2 unspecified atom stereocenters. The van der Waals surface area contributed by atoms with E-state index in [1.807, 2.05) is 6.92 Å². The molecule has 0 aromatic rings. The zero-order chi connectivity index (χ0) is 10.6. The molecule has 0 aliphatic carbocycles. The van der Waals surface area contributed by atoms with Crippen LogP contribution in [0.25, 0.3) is 0 Å². The summed E-state index contributed by atoms with van der Waals surface area (Å²) in [7, 11) is 0. The van der Waals surface area contributed by atoms with Gasteiger partial charge >= 0.3 is 0 Å². The van der Waals surface area contributed by atoms with Crippen LogP contribution in [0, 0.1) is 0 Å². The molecule has 14 heavy (non-hydrogen) atoms. The van der Waals surface area contributed by atoms with Gasteiger partial charge < -0.3 is 14.2 Å². The Morgan fingerprint density at radius 1 is 1.36 bits per heavy atom. The highest BCUT2D eigenvalue weighted by Crippen LogP contribution is 2.21. The summed E-state index contributed by atoms with van der Waals surface area (Å²) in [6.07, 6.45) is 1.42. The highest BCUT2D eigenvalue weighted by atomic mass is 16.6. The number of hydrogen-bond acceptors (Lipinski definition) is 3. The highest BCUT2D eigenvalue weighted by molar-refractivity contribution is 4.76. The molecule has 1 aliphatic rings. The molecule has 0 amide bonds. The number of hydrogen-bond donors (Lipinski definition) is 0. The van der Waals surface area contributed by atoms with Crippen molar-refractivity contribution in [1.82, 2.24) is 0 Å². The van der Waals surface area contributed by atoms with Gasteiger partial charge in [-0.2, -0.15) is 0 Å². The Morgan fingerprint density at radius 2 is 2.07 bits per heavy atom. The molecule has 3 nitrogen and oxygen atoms in total. The predicted molar refractivity (Wildman–Crippen MR) is 55.5 cm³/mol. The van der Waals surface area contributed by atoms with E-state index < -0.39 is 0 Å². The van der Waals surface area contributed by atoms with Crippen LogP contribution in [0.15, 0.2) is 0 Å². The van der Waals surface area contributed by atoms with Gasteiger partial charge in [0, 0.05) is 13.0 Å². The molecule has 1 aliphatic heterocycles. The van der Waals surface area contributed by atoms with Crippen molar-refractivity contribution in [2.75, 3.05) is 19.8 Å². The molecule has 0 spiro atoms. The van der Waals surface area contributed by atoms with E-state index in [4.69, 9.17) is 14.2 Å². The van der Waals surface area contributed by atoms with E-state index >= 15 is 0 Å². The molecule has 1 rings (SSSR count). The molecule has 0 radical (unpaired) electrons. The molecule has 1 fully saturated rings. The Kier molecular flexibility index (Phi) is 4.35. The average molecular weight is 202 g/mol. The fraction of sp³-hybridized carbons (Fsp3) is 1.00. The summed E-state index contributed by atoms with van der Waals surface area (Å²) in [5.41, 5.74) is -0.0749. The first-order valence-corrected chi connectivity index (χ1v) is 5.38. The zero-order valence-electron chi connectivity index (χ0n) is 9.71. The van der Waals surface area contributed by atoms with Crippen molar-refractivity contribution >= 4 is 0 Å². The van der Waals surface area contributed by atoms with Gasteiger partial charge in [0.15, 0.2) is 0 Å². The van der Waals surface area contributed by atoms with E-state index in [0.717, 1.165) is 13.0 Å². The summed E-state index contributed by atoms with van der Waals surface area (Å²) in [6.45, 7) is 10.4. The number of rotatable bonds is 4. The lowest BCUT2D eigenvalue weighted by Crippen LogP contribution is -2.27. The van der Waals surface area contributed by atoms with Gasteiger partial charge in [-0.15, -0.1) is 0 Å². The standard InChI is InChI=1S/C11H22O3/c1-5-12-7-9-6-10(8-13-9)14-11(2,3)4/h9-10H,5-8H2,1-4H3. The SMILES string of the molecule is CCOCC1CC(OC(C)(C)C)CO1. The minimum absolute atomic E-state index is 0.0749. The van der Waals surface area contributed by atoms with Gasteiger partial charge in [0.2, 0.25) is 0 Å². The summed E-state index contributed by atoms with van der Waals surface area (Å²) in [6, 6.07) is 0. The van der Waals surface area contributed by atoms with E-state index in [0.29, 0.717) is 13.2 Å². The minimum atomic E-state index is -0.0749. The molecule has 1 heterocycles. The van der Waals surface area contributed by atoms with Crippen LogP contribution in [0.1, 0.15) is 34.1 Å². The van der Waals surface area contributed by atoms with Crippen LogP contribution < -0.4 is 0 Å². The van der Waals surface area contributed by atoms with Crippen molar-refractivity contribution in [3.05, 3.63) is 0 Å². The molecule has 84 valence electrons. The molecule has 0 aromatic carbocycles. The second-order valence-electron chi connectivity index (χ2n) is 4.70. The van der Waals surface area contributed by atoms with Crippen molar-refractivity contribution in [2.45, 2.75) is 51.9 Å². The Hall–Kier alpha value is -0.120. The molecule has 1 saturated heterocycles. The van der Waals surface area contributed by atoms with E-state index in [9.17, 15) is 0 Å². The average Bonchev–Trinajstić information content (AvgIpc) is 2.46. The van der Waals surface area contributed by atoms with E-state index in [1.165, 1.54) is 0 Å². The molecule has 2 atom stereocenters. The summed E-state index contributed by atoms with van der Waals surface area (Å²) < 4.78 is 16.7. The van der Waals surface area contributed by atoms with Crippen molar-refractivity contribution in [2.24, 2.45) is 0 Å². The molecule has 0 bridgehead atoms. The van der Waals surface area contributed by atoms with Gasteiger partial charge in [-0.05, 0) is 27.7 Å². The summed E-state index contributed by atoms with van der Waals surface area (Å²) in [5, 5.41) is 0. The molecule has 0 aromatic heterocycles. The maximum absolute atomic E-state index is 5.83. The lowest BCUT2D eigenvalue weighted by atomic mass is 10.1. The van der Waals surface area contributed by atoms with Crippen molar-refractivity contribution in [3.8, 4) is 0 Å². The maximum atomic E-state index is 5.83. The molecule has 3 heteroatoms. The maximum Gasteiger partial charge on any atom is 0.0841 e. The predicted octanol–water partition coefficient (Wildman–Crippen LogP) is 2.00. The molecular formula is C11H22O3. The lowest BCUT2D eigenvalue weighted by molar-refractivity contribution is -0.0611. The third-order valence-electron chi connectivity index (χ3n) is 2.07. The Balaban J connectivity index is 2.20. The first-order valence-electron chi connectivity index (χ1n) is 5.38. The third-order valence-corrected chi connectivity index (χ3v) is 2.07. The van der Waals surface area contributed by atoms with E-state index in [1.54, 1.807) is 0 Å². The quantitative estimate of drug-likeness (QED) is 0.698. The largest absolute Gasteiger partial charge is 0.379 e. The van der Waals surface area contributed by atoms with Crippen molar-refractivity contribution in [3.63, 3.8) is 0 Å². The minimum Gasteiger partial charge on any atom is -0.379 e. The van der Waals surface area contributed by atoms with Crippen LogP contribution >= 0.6 is 0 Å². The fourth-order valence-corrected chi connectivity index (χ4v) is 1.62. The second-order valence-corrected chi connectivity index (χ2v) is 4.70. The summed E-state index contributed by atoms with van der Waals surface area (Å²) in [5.74, 6) is 0. The van der Waals surface area contributed by atoms with Crippen LogP contribution in [0.4, 0.5) is 0 Å². The Labute approximate surface area is 86.7 Å². The van der Waals surface area contributed by atoms with Crippen LogP contribution in [0.3, 0.4) is 0 Å². The first-order chi connectivity index (χ1) is 6.51. The normalized spacial score (nSPS) is 28.3. The van der Waals surface area contributed by atoms with Gasteiger partial charge in [-0.25, -0.2) is 0 Å².